The van der Waals surface area contributed by atoms with Crippen LogP contribution < -0.4 is 10.9 Å². The fourth-order valence-corrected chi connectivity index (χ4v) is 3.35. The number of unbranched alkanes of at least 4 members (excludes halogenated alkanes) is 1. The molecular weight excluding hydrogens is 338 g/mol. The minimum absolute atomic E-state index is 0.0466. The molecule has 1 aromatic heterocycles. The van der Waals surface area contributed by atoms with Crippen LogP contribution in [0.5, 0.6) is 0 Å². The van der Waals surface area contributed by atoms with E-state index in [1.54, 1.807) is 17.7 Å². The predicted octanol–water partition coefficient (Wildman–Crippen LogP) is 2.44. The molecule has 1 aromatic carbocycles. The summed E-state index contributed by atoms with van der Waals surface area (Å²) >= 11 is 1.29. The first-order chi connectivity index (χ1) is 12.1. The molecule has 1 heterocycles. The Morgan fingerprint density at radius 3 is 2.88 bits per heavy atom. The van der Waals surface area contributed by atoms with Gasteiger partial charge in [-0.2, -0.15) is 0 Å². The van der Waals surface area contributed by atoms with Gasteiger partial charge in [0, 0.05) is 19.7 Å². The molecule has 0 aliphatic rings. The topological polar surface area (TPSA) is 73.2 Å². The number of rotatable bonds is 9. The zero-order valence-electron chi connectivity index (χ0n) is 14.9. The number of aromatic nitrogens is 2. The SMILES string of the molecule is CCCCn1c(SCC(=O)NC(C)COC)nc2ccccc2c1=O. The predicted molar refractivity (Wildman–Crippen MR) is 101 cm³/mol. The van der Waals surface area contributed by atoms with E-state index in [9.17, 15) is 9.59 Å². The van der Waals surface area contributed by atoms with Gasteiger partial charge in [-0.05, 0) is 25.5 Å². The molecule has 0 aliphatic heterocycles. The number of ether oxygens (including phenoxy) is 1. The van der Waals surface area contributed by atoms with E-state index in [0.717, 1.165) is 12.8 Å². The van der Waals surface area contributed by atoms with Gasteiger partial charge in [-0.25, -0.2) is 4.98 Å². The van der Waals surface area contributed by atoms with Crippen LogP contribution in [-0.2, 0) is 16.1 Å². The second-order valence-corrected chi connectivity index (χ2v) is 6.88. The lowest BCUT2D eigenvalue weighted by molar-refractivity contribution is -0.119. The number of carbonyl (C=O) groups is 1. The van der Waals surface area contributed by atoms with Crippen molar-refractivity contribution in [3.05, 3.63) is 34.6 Å². The number of amides is 1. The Morgan fingerprint density at radius 2 is 2.16 bits per heavy atom. The van der Waals surface area contributed by atoms with Crippen LogP contribution in [-0.4, -0.2) is 41.0 Å². The van der Waals surface area contributed by atoms with Crippen molar-refractivity contribution in [1.82, 2.24) is 14.9 Å². The standard InChI is InChI=1S/C18H25N3O3S/c1-4-5-10-21-17(23)14-8-6-7-9-15(14)20-18(21)25-12-16(22)19-13(2)11-24-3/h6-9,13H,4-5,10-12H2,1-3H3,(H,19,22). The highest BCUT2D eigenvalue weighted by atomic mass is 32.2. The van der Waals surface area contributed by atoms with E-state index in [4.69, 9.17) is 4.74 Å². The first kappa shape index (κ1) is 19.5. The molecule has 0 aliphatic carbocycles. The van der Waals surface area contributed by atoms with Crippen molar-refractivity contribution >= 4 is 28.6 Å². The number of methoxy groups -OCH3 is 1. The van der Waals surface area contributed by atoms with E-state index < -0.39 is 0 Å². The zero-order chi connectivity index (χ0) is 18.2. The summed E-state index contributed by atoms with van der Waals surface area (Å²) in [6.45, 7) is 5.04. The average Bonchev–Trinajstić information content (AvgIpc) is 2.59. The quantitative estimate of drug-likeness (QED) is 0.547. The largest absolute Gasteiger partial charge is 0.383 e. The minimum Gasteiger partial charge on any atom is -0.383 e. The molecule has 0 fully saturated rings. The van der Waals surface area contributed by atoms with Crippen LogP contribution in [0.1, 0.15) is 26.7 Å². The molecule has 0 saturated heterocycles. The third-order valence-corrected chi connectivity index (χ3v) is 4.69. The summed E-state index contributed by atoms with van der Waals surface area (Å²) < 4.78 is 6.70. The number of nitrogens with one attached hydrogen (secondary N) is 1. The van der Waals surface area contributed by atoms with Gasteiger partial charge in [-0.15, -0.1) is 0 Å². The Kier molecular flexibility index (Phi) is 7.46. The van der Waals surface area contributed by atoms with Crippen LogP contribution in [0.3, 0.4) is 0 Å². The number of nitrogens with zero attached hydrogens (tertiary/aromatic N) is 2. The monoisotopic (exact) mass is 363 g/mol. The van der Waals surface area contributed by atoms with Gasteiger partial charge in [0.1, 0.15) is 0 Å². The third-order valence-electron chi connectivity index (χ3n) is 3.72. The second-order valence-electron chi connectivity index (χ2n) is 5.93. The van der Waals surface area contributed by atoms with Crippen LogP contribution >= 0.6 is 11.8 Å². The molecule has 1 atom stereocenters. The third kappa shape index (κ3) is 5.31. The van der Waals surface area contributed by atoms with Crippen molar-refractivity contribution in [1.29, 1.82) is 0 Å². The maximum atomic E-state index is 12.8. The summed E-state index contributed by atoms with van der Waals surface area (Å²) in [4.78, 5) is 29.4. The molecule has 1 amide bonds. The van der Waals surface area contributed by atoms with E-state index in [0.29, 0.717) is 29.2 Å². The summed E-state index contributed by atoms with van der Waals surface area (Å²) in [5.41, 5.74) is 0.616. The van der Waals surface area contributed by atoms with Crippen molar-refractivity contribution in [2.45, 2.75) is 44.4 Å². The smallest absolute Gasteiger partial charge is 0.262 e. The molecule has 0 radical (unpaired) electrons. The molecule has 0 spiro atoms. The van der Waals surface area contributed by atoms with Crippen LogP contribution in [0, 0.1) is 0 Å². The van der Waals surface area contributed by atoms with Crippen LogP contribution in [0.25, 0.3) is 10.9 Å². The van der Waals surface area contributed by atoms with E-state index in [1.807, 2.05) is 25.1 Å². The lowest BCUT2D eigenvalue weighted by Gasteiger charge is -2.14. The molecule has 2 aromatic rings. The summed E-state index contributed by atoms with van der Waals surface area (Å²) in [6.07, 6.45) is 1.88. The van der Waals surface area contributed by atoms with Crippen LogP contribution in [0.15, 0.2) is 34.2 Å². The van der Waals surface area contributed by atoms with Gasteiger partial charge in [0.15, 0.2) is 5.16 Å². The Hall–Kier alpha value is -1.86. The zero-order valence-corrected chi connectivity index (χ0v) is 15.8. The maximum absolute atomic E-state index is 12.8. The highest BCUT2D eigenvalue weighted by Gasteiger charge is 2.14. The maximum Gasteiger partial charge on any atom is 0.262 e. The van der Waals surface area contributed by atoms with Gasteiger partial charge < -0.3 is 10.1 Å². The highest BCUT2D eigenvalue weighted by Crippen LogP contribution is 2.18. The van der Waals surface area contributed by atoms with Gasteiger partial charge in [0.25, 0.3) is 5.56 Å². The molecule has 0 saturated carbocycles. The Bertz CT molecular complexity index is 776. The molecule has 136 valence electrons. The number of carbonyl (C=O) groups excluding carboxylic acids is 1. The van der Waals surface area contributed by atoms with E-state index in [2.05, 4.69) is 17.2 Å². The first-order valence-corrected chi connectivity index (χ1v) is 9.46. The van der Waals surface area contributed by atoms with Crippen molar-refractivity contribution in [3.8, 4) is 0 Å². The lowest BCUT2D eigenvalue weighted by atomic mass is 10.2. The minimum atomic E-state index is -0.0981. The summed E-state index contributed by atoms with van der Waals surface area (Å²) in [6, 6.07) is 7.27. The number of hydrogen-bond acceptors (Lipinski definition) is 5. The molecule has 0 bridgehead atoms. The average molecular weight is 363 g/mol. The van der Waals surface area contributed by atoms with Gasteiger partial charge in [-0.1, -0.05) is 37.2 Å². The van der Waals surface area contributed by atoms with Crippen LogP contribution in [0.2, 0.25) is 0 Å². The van der Waals surface area contributed by atoms with Gasteiger partial charge in [0.05, 0.1) is 23.3 Å². The molecular formula is C18H25N3O3S. The number of benzene rings is 1. The van der Waals surface area contributed by atoms with Crippen molar-refractivity contribution < 1.29 is 9.53 Å². The van der Waals surface area contributed by atoms with Gasteiger partial charge in [0.2, 0.25) is 5.91 Å². The Balaban J connectivity index is 2.20. The molecule has 1 N–H and O–H groups in total. The summed E-state index contributed by atoms with van der Waals surface area (Å²) in [5, 5.41) is 4.07. The fraction of sp³-hybridized carbons (Fsp3) is 0.500. The fourth-order valence-electron chi connectivity index (χ4n) is 2.51. The van der Waals surface area contributed by atoms with Crippen LogP contribution in [0.4, 0.5) is 0 Å². The first-order valence-electron chi connectivity index (χ1n) is 8.47. The van der Waals surface area contributed by atoms with E-state index in [1.165, 1.54) is 11.8 Å². The Labute approximate surface area is 152 Å². The second kappa shape index (κ2) is 9.58. The molecule has 1 unspecified atom stereocenters. The summed E-state index contributed by atoms with van der Waals surface area (Å²) in [5.74, 6) is 0.115. The van der Waals surface area contributed by atoms with E-state index in [-0.39, 0.29) is 23.3 Å². The molecule has 7 heteroatoms. The Morgan fingerprint density at radius 1 is 1.40 bits per heavy atom. The molecule has 2 rings (SSSR count). The van der Waals surface area contributed by atoms with Crippen molar-refractivity contribution in [2.75, 3.05) is 19.5 Å². The molecule has 6 nitrogen and oxygen atoms in total. The van der Waals surface area contributed by atoms with E-state index >= 15 is 0 Å². The normalized spacial score (nSPS) is 12.3. The summed E-state index contributed by atoms with van der Waals surface area (Å²) in [7, 11) is 1.60. The van der Waals surface area contributed by atoms with Crippen molar-refractivity contribution in [3.63, 3.8) is 0 Å². The molecule has 25 heavy (non-hydrogen) atoms. The number of thioether (sulfide) groups is 1. The number of para-hydroxylation sites is 1. The van der Waals surface area contributed by atoms with Crippen molar-refractivity contribution in [2.24, 2.45) is 0 Å². The highest BCUT2D eigenvalue weighted by molar-refractivity contribution is 7.99. The number of hydrogen-bond donors (Lipinski definition) is 1. The number of fused-ring (bicyclic) bond motifs is 1. The lowest BCUT2D eigenvalue weighted by Crippen LogP contribution is -2.36. The van der Waals surface area contributed by atoms with Gasteiger partial charge >= 0.3 is 0 Å². The van der Waals surface area contributed by atoms with Gasteiger partial charge in [-0.3, -0.25) is 14.2 Å².